The quantitative estimate of drug-likeness (QED) is 0.668. The molecule has 1 aromatic rings. The summed E-state index contributed by atoms with van der Waals surface area (Å²) >= 11 is 0. The second-order valence-electron chi connectivity index (χ2n) is 2.17. The summed E-state index contributed by atoms with van der Waals surface area (Å²) in [5.74, 6) is -0.971. The Morgan fingerprint density at radius 1 is 1.42 bits per heavy atom. The molecule has 64 valence electrons. The predicted molar refractivity (Wildman–Crippen MR) is 42.1 cm³/mol. The van der Waals surface area contributed by atoms with Crippen LogP contribution in [0.15, 0.2) is 30.3 Å². The lowest BCUT2D eigenvalue weighted by molar-refractivity contribution is -0.124. The Hall–Kier alpha value is -1.42. The number of para-hydroxylation sites is 1. The average molecular weight is 169 g/mol. The molecule has 0 heterocycles. The van der Waals surface area contributed by atoms with Crippen LogP contribution in [0.25, 0.3) is 0 Å². The van der Waals surface area contributed by atoms with Gasteiger partial charge >= 0.3 is 0 Å². The zero-order chi connectivity index (χ0) is 8.97. The van der Waals surface area contributed by atoms with Gasteiger partial charge in [0.05, 0.1) is 5.69 Å². The van der Waals surface area contributed by atoms with Crippen molar-refractivity contribution in [3.05, 3.63) is 30.3 Å². The molecule has 3 nitrogen and oxygen atoms in total. The Balaban J connectivity index is 2.78. The number of halogens is 1. The van der Waals surface area contributed by atoms with E-state index in [2.05, 4.69) is 0 Å². The van der Waals surface area contributed by atoms with Gasteiger partial charge in [-0.1, -0.05) is 22.7 Å². The van der Waals surface area contributed by atoms with Gasteiger partial charge in [0.2, 0.25) is 0 Å². The molecule has 0 aromatic heterocycles. The molecule has 1 amide bonds. The average Bonchev–Trinajstić information content (AvgIpc) is 2.17. The molecule has 4 heteroatoms. The first kappa shape index (κ1) is 8.67. The third-order valence-electron chi connectivity index (χ3n) is 1.34. The van der Waals surface area contributed by atoms with E-state index in [9.17, 15) is 9.28 Å². The van der Waals surface area contributed by atoms with Gasteiger partial charge in [0, 0.05) is 0 Å². The maximum atomic E-state index is 12.9. The van der Waals surface area contributed by atoms with E-state index in [-0.39, 0.29) is 10.8 Å². The summed E-state index contributed by atoms with van der Waals surface area (Å²) < 4.78 is 12.9. The molecule has 0 saturated heterocycles. The number of benzene rings is 1. The van der Waals surface area contributed by atoms with Crippen LogP contribution in [0.2, 0.25) is 0 Å². The highest BCUT2D eigenvalue weighted by Gasteiger charge is 2.12. The molecule has 1 aromatic carbocycles. The van der Waals surface area contributed by atoms with Crippen LogP contribution in [0.1, 0.15) is 0 Å². The molecule has 0 aliphatic heterocycles. The zero-order valence-electron chi connectivity index (χ0n) is 6.27. The van der Waals surface area contributed by atoms with E-state index in [1.807, 2.05) is 0 Å². The van der Waals surface area contributed by atoms with Crippen LogP contribution in [0.5, 0.6) is 0 Å². The van der Waals surface area contributed by atoms with Crippen molar-refractivity contribution in [2.45, 2.75) is 0 Å². The molecule has 0 unspecified atom stereocenters. The number of carbonyl (C=O) groups is 1. The second-order valence-corrected chi connectivity index (χ2v) is 2.17. The Kier molecular flexibility index (Phi) is 2.76. The number of carbonyl (C=O) groups excluding carboxylic acids is 1. The maximum Gasteiger partial charge on any atom is 0.280 e. The minimum atomic E-state index is -0.971. The topological polar surface area (TPSA) is 40.5 Å². The van der Waals surface area contributed by atoms with Crippen molar-refractivity contribution in [3.63, 3.8) is 0 Å². The van der Waals surface area contributed by atoms with E-state index in [1.54, 1.807) is 18.2 Å². The number of amides is 1. The molecular formula is C8H8FNO2. The predicted octanol–water partition coefficient (Wildman–Crippen LogP) is 0.896. The minimum absolute atomic E-state index is 0.0833. The first-order valence-electron chi connectivity index (χ1n) is 3.40. The molecule has 0 spiro atoms. The molecule has 12 heavy (non-hydrogen) atoms. The lowest BCUT2D eigenvalue weighted by Gasteiger charge is -2.08. The second kappa shape index (κ2) is 3.82. The fourth-order valence-corrected chi connectivity index (χ4v) is 0.765. The fourth-order valence-electron chi connectivity index (χ4n) is 0.765. The smallest absolute Gasteiger partial charge is 0.280 e. The van der Waals surface area contributed by atoms with Gasteiger partial charge in [-0.25, -0.2) is 0 Å². The number of hydrogen-bond acceptors (Lipinski definition) is 2. The Labute approximate surface area is 69.0 Å². The van der Waals surface area contributed by atoms with Crippen molar-refractivity contribution < 1.29 is 14.4 Å². The Morgan fingerprint density at radius 2 is 2.00 bits per heavy atom. The van der Waals surface area contributed by atoms with Crippen LogP contribution in [0.4, 0.5) is 10.2 Å². The van der Waals surface area contributed by atoms with Crippen molar-refractivity contribution in [1.82, 2.24) is 0 Å². The lowest BCUT2D eigenvalue weighted by atomic mass is 10.3. The van der Waals surface area contributed by atoms with Gasteiger partial charge in [0.15, 0.2) is 0 Å². The molecule has 0 radical (unpaired) electrons. The van der Waals surface area contributed by atoms with E-state index in [4.69, 9.17) is 5.11 Å². The van der Waals surface area contributed by atoms with Gasteiger partial charge in [-0.15, -0.1) is 5.12 Å². The van der Waals surface area contributed by atoms with Crippen LogP contribution in [0.3, 0.4) is 0 Å². The number of anilines is 1. The zero-order valence-corrected chi connectivity index (χ0v) is 6.27. The van der Waals surface area contributed by atoms with Gasteiger partial charge in [0.1, 0.15) is 6.61 Å². The van der Waals surface area contributed by atoms with E-state index in [0.717, 1.165) is 0 Å². The van der Waals surface area contributed by atoms with Crippen LogP contribution in [-0.4, -0.2) is 17.6 Å². The highest BCUT2D eigenvalue weighted by Crippen LogP contribution is 2.12. The third-order valence-corrected chi connectivity index (χ3v) is 1.34. The summed E-state index contributed by atoms with van der Waals surface area (Å²) in [6.07, 6.45) is 0. The van der Waals surface area contributed by atoms with Gasteiger partial charge < -0.3 is 5.11 Å². The number of aliphatic hydroxyl groups excluding tert-OH is 1. The van der Waals surface area contributed by atoms with Gasteiger partial charge in [-0.2, -0.15) is 0 Å². The maximum absolute atomic E-state index is 12.9. The van der Waals surface area contributed by atoms with Gasteiger partial charge in [0.25, 0.3) is 5.91 Å². The number of aliphatic hydroxyl groups is 1. The minimum Gasteiger partial charge on any atom is -0.386 e. The largest absolute Gasteiger partial charge is 0.386 e. The molecule has 0 aliphatic carbocycles. The number of hydrogen-bond donors (Lipinski definition) is 1. The normalized spacial score (nSPS) is 9.50. The van der Waals surface area contributed by atoms with Crippen molar-refractivity contribution in [3.8, 4) is 0 Å². The van der Waals surface area contributed by atoms with Crippen molar-refractivity contribution in [2.75, 3.05) is 11.7 Å². The third kappa shape index (κ3) is 1.79. The van der Waals surface area contributed by atoms with Gasteiger partial charge in [-0.05, 0) is 12.1 Å². The number of nitrogens with zero attached hydrogens (tertiary/aromatic N) is 1. The molecule has 0 aliphatic rings. The van der Waals surface area contributed by atoms with Crippen LogP contribution in [0, 0.1) is 0 Å². The summed E-state index contributed by atoms with van der Waals surface area (Å²) in [6, 6.07) is 7.79. The van der Waals surface area contributed by atoms with Crippen LogP contribution >= 0.6 is 0 Å². The molecule has 0 atom stereocenters. The van der Waals surface area contributed by atoms with E-state index in [0.29, 0.717) is 0 Å². The van der Waals surface area contributed by atoms with E-state index < -0.39 is 12.5 Å². The molecule has 0 fully saturated rings. The highest BCUT2D eigenvalue weighted by molar-refractivity contribution is 5.91. The lowest BCUT2D eigenvalue weighted by Crippen LogP contribution is -2.24. The van der Waals surface area contributed by atoms with Crippen LogP contribution in [-0.2, 0) is 4.79 Å². The molecular weight excluding hydrogens is 161 g/mol. The SMILES string of the molecule is O=C(CO)N(F)c1ccccc1. The van der Waals surface area contributed by atoms with E-state index in [1.165, 1.54) is 12.1 Å². The summed E-state index contributed by atoms with van der Waals surface area (Å²) in [5.41, 5.74) is 0.122. The van der Waals surface area contributed by atoms with Crippen molar-refractivity contribution in [1.29, 1.82) is 0 Å². The first-order chi connectivity index (χ1) is 5.75. The molecule has 1 N–H and O–H groups in total. The van der Waals surface area contributed by atoms with Gasteiger partial charge in [-0.3, -0.25) is 4.79 Å². The Bertz CT molecular complexity index is 263. The molecule has 0 saturated carbocycles. The monoisotopic (exact) mass is 169 g/mol. The molecule has 1 rings (SSSR count). The standard InChI is InChI=1S/C8H8FNO2/c9-10(8(12)6-11)7-4-2-1-3-5-7/h1-5,11H,6H2. The summed E-state index contributed by atoms with van der Waals surface area (Å²) in [6.45, 7) is -0.828. The van der Waals surface area contributed by atoms with Crippen molar-refractivity contribution in [2.24, 2.45) is 0 Å². The number of rotatable bonds is 2. The molecule has 0 bridgehead atoms. The fraction of sp³-hybridized carbons (Fsp3) is 0.125. The van der Waals surface area contributed by atoms with Crippen LogP contribution < -0.4 is 5.12 Å². The first-order valence-corrected chi connectivity index (χ1v) is 3.40. The summed E-state index contributed by atoms with van der Waals surface area (Å²) in [7, 11) is 0. The van der Waals surface area contributed by atoms with E-state index >= 15 is 0 Å². The Morgan fingerprint density at radius 3 is 2.50 bits per heavy atom. The summed E-state index contributed by atoms with van der Waals surface area (Å²) in [5, 5.41) is 8.25. The van der Waals surface area contributed by atoms with Crippen molar-refractivity contribution >= 4 is 11.6 Å². The summed E-state index contributed by atoms with van der Waals surface area (Å²) in [4.78, 5) is 10.6. The highest BCUT2D eigenvalue weighted by atomic mass is 19.2.